The van der Waals surface area contributed by atoms with E-state index in [-0.39, 0.29) is 0 Å². The second-order valence-corrected chi connectivity index (χ2v) is 3.22. The average molecular weight is 143 g/mol. The van der Waals surface area contributed by atoms with E-state index in [0.717, 1.165) is 6.54 Å². The maximum atomic E-state index is 8.94. The maximum absolute atomic E-state index is 8.94. The van der Waals surface area contributed by atoms with Crippen LogP contribution in [0.15, 0.2) is 0 Å². The van der Waals surface area contributed by atoms with Crippen LogP contribution in [0.3, 0.4) is 0 Å². The van der Waals surface area contributed by atoms with E-state index < -0.39 is 0 Å². The topological polar surface area (TPSA) is 46.2 Å². The van der Waals surface area contributed by atoms with Gasteiger partial charge in [-0.25, -0.2) is 0 Å². The summed E-state index contributed by atoms with van der Waals surface area (Å²) in [7, 11) is 0. The first kappa shape index (κ1) is 8.02. The Labute approximate surface area is 62.4 Å². The summed E-state index contributed by atoms with van der Waals surface area (Å²) >= 11 is 0. The van der Waals surface area contributed by atoms with Crippen molar-refractivity contribution >= 4 is 0 Å². The lowest BCUT2D eigenvalue weighted by Crippen LogP contribution is -2.28. The van der Waals surface area contributed by atoms with Gasteiger partial charge in [0.2, 0.25) is 0 Å². The molecule has 2 atom stereocenters. The number of aliphatic hydroxyl groups is 1. The van der Waals surface area contributed by atoms with Gasteiger partial charge >= 0.3 is 0 Å². The fraction of sp³-hybridized carbons (Fsp3) is 1.00. The Morgan fingerprint density at radius 2 is 1.80 bits per heavy atom. The van der Waals surface area contributed by atoms with Gasteiger partial charge in [-0.2, -0.15) is 0 Å². The molecule has 0 radical (unpaired) electrons. The first-order valence-electron chi connectivity index (χ1n) is 4.19. The van der Waals surface area contributed by atoms with E-state index in [0.29, 0.717) is 18.4 Å². The third-order valence-electron chi connectivity index (χ3n) is 2.60. The van der Waals surface area contributed by atoms with E-state index >= 15 is 0 Å². The molecule has 1 aliphatic carbocycles. The predicted octanol–water partition coefficient (Wildman–Crippen LogP) is 0.744. The summed E-state index contributed by atoms with van der Waals surface area (Å²) in [5.41, 5.74) is 5.56. The van der Waals surface area contributed by atoms with Gasteiger partial charge in [-0.1, -0.05) is 12.8 Å². The molecule has 0 spiro atoms. The van der Waals surface area contributed by atoms with Gasteiger partial charge in [0.05, 0.1) is 0 Å². The van der Waals surface area contributed by atoms with E-state index in [1.54, 1.807) is 0 Å². The minimum atomic E-state index is 0.335. The molecular weight excluding hydrogens is 126 g/mol. The highest BCUT2D eigenvalue weighted by atomic mass is 16.3. The minimum absolute atomic E-state index is 0.335. The third kappa shape index (κ3) is 1.70. The van der Waals surface area contributed by atoms with Crippen LogP contribution in [0.25, 0.3) is 0 Å². The molecule has 1 saturated carbocycles. The van der Waals surface area contributed by atoms with Gasteiger partial charge in [-0.3, -0.25) is 0 Å². The molecule has 0 unspecified atom stereocenters. The molecular formula is C8H17NO. The van der Waals surface area contributed by atoms with Crippen LogP contribution in [-0.2, 0) is 0 Å². The van der Waals surface area contributed by atoms with E-state index in [9.17, 15) is 0 Å². The molecule has 2 nitrogen and oxygen atoms in total. The van der Waals surface area contributed by atoms with E-state index in [1.807, 2.05) is 0 Å². The lowest BCUT2D eigenvalue weighted by Gasteiger charge is -2.28. The summed E-state index contributed by atoms with van der Waals surface area (Å²) < 4.78 is 0. The minimum Gasteiger partial charge on any atom is -0.396 e. The smallest absolute Gasteiger partial charge is 0.0462 e. The Balaban J connectivity index is 2.34. The number of hydrogen-bond acceptors (Lipinski definition) is 2. The number of hydrogen-bond donors (Lipinski definition) is 2. The standard InChI is InChI=1S/C8H17NO/c9-5-7-3-1-2-4-8(7)6-10/h7-8,10H,1-6,9H2/t7-,8-/m1/s1. The van der Waals surface area contributed by atoms with Gasteiger partial charge in [0.25, 0.3) is 0 Å². The normalized spacial score (nSPS) is 34.2. The quantitative estimate of drug-likeness (QED) is 0.599. The van der Waals surface area contributed by atoms with Crippen LogP contribution in [0, 0.1) is 11.8 Å². The molecule has 60 valence electrons. The molecule has 1 fully saturated rings. The Hall–Kier alpha value is -0.0800. The molecule has 0 aromatic carbocycles. The second-order valence-electron chi connectivity index (χ2n) is 3.22. The fourth-order valence-corrected chi connectivity index (χ4v) is 1.84. The Bertz CT molecular complexity index is 83.3. The van der Waals surface area contributed by atoms with Gasteiger partial charge in [0, 0.05) is 6.61 Å². The highest BCUT2D eigenvalue weighted by Crippen LogP contribution is 2.28. The lowest BCUT2D eigenvalue weighted by atomic mass is 9.80. The van der Waals surface area contributed by atoms with Crippen molar-refractivity contribution in [3.05, 3.63) is 0 Å². The summed E-state index contributed by atoms with van der Waals surface area (Å²) in [6.45, 7) is 1.09. The van der Waals surface area contributed by atoms with E-state index in [4.69, 9.17) is 10.8 Å². The van der Waals surface area contributed by atoms with Gasteiger partial charge in [0.15, 0.2) is 0 Å². The second kappa shape index (κ2) is 3.94. The molecule has 0 aliphatic heterocycles. The van der Waals surface area contributed by atoms with Crippen molar-refractivity contribution in [1.82, 2.24) is 0 Å². The zero-order chi connectivity index (χ0) is 7.40. The van der Waals surface area contributed by atoms with Crippen LogP contribution in [0.2, 0.25) is 0 Å². The summed E-state index contributed by atoms with van der Waals surface area (Å²) in [6, 6.07) is 0. The van der Waals surface area contributed by atoms with Crippen LogP contribution in [-0.4, -0.2) is 18.3 Å². The van der Waals surface area contributed by atoms with Gasteiger partial charge in [-0.05, 0) is 31.2 Å². The predicted molar refractivity (Wildman–Crippen MR) is 41.6 cm³/mol. The average Bonchev–Trinajstić information content (AvgIpc) is 2.04. The molecule has 0 heterocycles. The first-order chi connectivity index (χ1) is 4.88. The third-order valence-corrected chi connectivity index (χ3v) is 2.60. The lowest BCUT2D eigenvalue weighted by molar-refractivity contribution is 0.138. The zero-order valence-corrected chi connectivity index (χ0v) is 6.42. The molecule has 0 amide bonds. The van der Waals surface area contributed by atoms with E-state index in [2.05, 4.69) is 0 Å². The molecule has 3 N–H and O–H groups in total. The van der Waals surface area contributed by atoms with Gasteiger partial charge in [-0.15, -0.1) is 0 Å². The Morgan fingerprint density at radius 1 is 1.20 bits per heavy atom. The molecule has 1 rings (SSSR count). The van der Waals surface area contributed by atoms with Crippen LogP contribution >= 0.6 is 0 Å². The van der Waals surface area contributed by atoms with Crippen molar-refractivity contribution in [1.29, 1.82) is 0 Å². The van der Waals surface area contributed by atoms with E-state index in [1.165, 1.54) is 25.7 Å². The van der Waals surface area contributed by atoms with Crippen LogP contribution < -0.4 is 5.73 Å². The molecule has 0 bridgehead atoms. The molecule has 0 saturated heterocycles. The number of rotatable bonds is 2. The highest BCUT2D eigenvalue weighted by Gasteiger charge is 2.22. The molecule has 1 aliphatic rings. The van der Waals surface area contributed by atoms with Crippen molar-refractivity contribution in [2.45, 2.75) is 25.7 Å². The summed E-state index contributed by atoms with van der Waals surface area (Å²) in [6.07, 6.45) is 4.99. The molecule has 2 heteroatoms. The van der Waals surface area contributed by atoms with Crippen molar-refractivity contribution < 1.29 is 5.11 Å². The molecule has 0 aromatic rings. The summed E-state index contributed by atoms with van der Waals surface area (Å²) in [4.78, 5) is 0. The Kier molecular flexibility index (Phi) is 3.16. The SMILES string of the molecule is NC[C@H]1CCCC[C@@H]1CO. The fourth-order valence-electron chi connectivity index (χ4n) is 1.84. The van der Waals surface area contributed by atoms with Crippen LogP contribution in [0.1, 0.15) is 25.7 Å². The number of aliphatic hydroxyl groups excluding tert-OH is 1. The van der Waals surface area contributed by atoms with Gasteiger partial charge in [0.1, 0.15) is 0 Å². The van der Waals surface area contributed by atoms with Crippen molar-refractivity contribution in [3.63, 3.8) is 0 Å². The van der Waals surface area contributed by atoms with Gasteiger partial charge < -0.3 is 10.8 Å². The van der Waals surface area contributed by atoms with Crippen molar-refractivity contribution in [3.8, 4) is 0 Å². The first-order valence-corrected chi connectivity index (χ1v) is 4.19. The summed E-state index contributed by atoms with van der Waals surface area (Å²) in [5.74, 6) is 1.09. The largest absolute Gasteiger partial charge is 0.396 e. The Morgan fingerprint density at radius 3 is 2.20 bits per heavy atom. The highest BCUT2D eigenvalue weighted by molar-refractivity contribution is 4.74. The number of nitrogens with two attached hydrogens (primary N) is 1. The van der Waals surface area contributed by atoms with Crippen molar-refractivity contribution in [2.75, 3.05) is 13.2 Å². The monoisotopic (exact) mass is 143 g/mol. The molecule has 0 aromatic heterocycles. The zero-order valence-electron chi connectivity index (χ0n) is 6.42. The van der Waals surface area contributed by atoms with Crippen LogP contribution in [0.5, 0.6) is 0 Å². The molecule has 10 heavy (non-hydrogen) atoms. The van der Waals surface area contributed by atoms with Crippen LogP contribution in [0.4, 0.5) is 0 Å². The van der Waals surface area contributed by atoms with Crippen molar-refractivity contribution in [2.24, 2.45) is 17.6 Å². The maximum Gasteiger partial charge on any atom is 0.0462 e. The summed E-state index contributed by atoms with van der Waals surface area (Å²) in [5, 5.41) is 8.94.